The number of benzene rings is 2. The highest BCUT2D eigenvalue weighted by atomic mass is 35.5. The molecule has 0 atom stereocenters. The molecule has 0 N–H and O–H groups in total. The summed E-state index contributed by atoms with van der Waals surface area (Å²) in [7, 11) is 1.67. The second kappa shape index (κ2) is 8.53. The molecule has 0 aliphatic carbocycles. The van der Waals surface area contributed by atoms with Crippen molar-refractivity contribution in [2.24, 2.45) is 0 Å². The van der Waals surface area contributed by atoms with E-state index >= 15 is 0 Å². The molecule has 0 radical (unpaired) electrons. The van der Waals surface area contributed by atoms with Crippen LogP contribution >= 0.6 is 11.6 Å². The van der Waals surface area contributed by atoms with Crippen LogP contribution in [0.5, 0.6) is 17.4 Å². The van der Waals surface area contributed by atoms with E-state index in [4.69, 9.17) is 21.1 Å². The van der Waals surface area contributed by atoms with Crippen LogP contribution in [0.4, 0.5) is 15.9 Å². The third-order valence-electron chi connectivity index (χ3n) is 4.76. The minimum absolute atomic E-state index is 0.192. The number of halogens is 2. The van der Waals surface area contributed by atoms with Crippen molar-refractivity contribution < 1.29 is 13.9 Å². The molecule has 0 saturated carbocycles. The summed E-state index contributed by atoms with van der Waals surface area (Å²) in [4.78, 5) is 13.0. The fraction of sp³-hybridized carbons (Fsp3) is 0.238. The first-order chi connectivity index (χ1) is 14.1. The van der Waals surface area contributed by atoms with Crippen LogP contribution in [0, 0.1) is 5.82 Å². The quantitative estimate of drug-likeness (QED) is 0.617. The molecule has 0 unspecified atom stereocenters. The summed E-state index contributed by atoms with van der Waals surface area (Å²) in [5.41, 5.74) is 1.14. The first-order valence-corrected chi connectivity index (χ1v) is 9.59. The summed E-state index contributed by atoms with van der Waals surface area (Å²) in [6.07, 6.45) is 1.45. The molecule has 1 aromatic heterocycles. The van der Waals surface area contributed by atoms with E-state index in [2.05, 4.69) is 25.8 Å². The van der Waals surface area contributed by atoms with Gasteiger partial charge in [-0.3, -0.25) is 0 Å². The maximum Gasteiger partial charge on any atom is 0.224 e. The maximum absolute atomic E-state index is 13.2. The van der Waals surface area contributed by atoms with E-state index in [0.29, 0.717) is 11.6 Å². The minimum atomic E-state index is -0.417. The number of rotatable bonds is 5. The van der Waals surface area contributed by atoms with Crippen LogP contribution < -0.4 is 19.3 Å². The van der Waals surface area contributed by atoms with Crippen molar-refractivity contribution >= 4 is 23.1 Å². The zero-order valence-corrected chi connectivity index (χ0v) is 16.6. The Balaban J connectivity index is 1.43. The number of hydrogen-bond acceptors (Lipinski definition) is 6. The van der Waals surface area contributed by atoms with Gasteiger partial charge in [0.1, 0.15) is 29.5 Å². The largest absolute Gasteiger partial charge is 0.497 e. The molecular weight excluding hydrogens is 395 g/mol. The topological polar surface area (TPSA) is 50.7 Å². The first-order valence-electron chi connectivity index (χ1n) is 9.21. The van der Waals surface area contributed by atoms with Crippen LogP contribution in [-0.2, 0) is 0 Å². The monoisotopic (exact) mass is 414 g/mol. The van der Waals surface area contributed by atoms with Crippen LogP contribution in [0.25, 0.3) is 0 Å². The predicted octanol–water partition coefficient (Wildman–Crippen LogP) is 4.40. The lowest BCUT2D eigenvalue weighted by molar-refractivity contribution is 0.414. The lowest BCUT2D eigenvalue weighted by Crippen LogP contribution is -2.46. The van der Waals surface area contributed by atoms with Gasteiger partial charge in [0.2, 0.25) is 5.88 Å². The molecule has 29 heavy (non-hydrogen) atoms. The molecule has 1 aliphatic heterocycles. The van der Waals surface area contributed by atoms with E-state index < -0.39 is 5.82 Å². The van der Waals surface area contributed by atoms with Crippen molar-refractivity contribution in [1.82, 2.24) is 9.97 Å². The van der Waals surface area contributed by atoms with Gasteiger partial charge in [0.25, 0.3) is 0 Å². The van der Waals surface area contributed by atoms with E-state index in [1.54, 1.807) is 13.2 Å². The van der Waals surface area contributed by atoms with Crippen molar-refractivity contribution in [3.8, 4) is 17.4 Å². The Morgan fingerprint density at radius 3 is 2.52 bits per heavy atom. The molecule has 1 fully saturated rings. The number of piperazine rings is 1. The lowest BCUT2D eigenvalue weighted by Gasteiger charge is -2.36. The molecule has 2 heterocycles. The van der Waals surface area contributed by atoms with E-state index in [1.165, 1.54) is 24.5 Å². The van der Waals surface area contributed by atoms with Crippen LogP contribution in [-0.4, -0.2) is 43.3 Å². The highest BCUT2D eigenvalue weighted by Gasteiger charge is 2.19. The third kappa shape index (κ3) is 4.51. The Morgan fingerprint density at radius 2 is 1.76 bits per heavy atom. The molecular formula is C21H20ClFN4O2. The number of ether oxygens (including phenoxy) is 2. The number of hydrogen-bond donors (Lipinski definition) is 0. The van der Waals surface area contributed by atoms with Gasteiger partial charge < -0.3 is 19.3 Å². The average molecular weight is 415 g/mol. The number of anilines is 2. The molecule has 2 aromatic carbocycles. The van der Waals surface area contributed by atoms with Crippen LogP contribution in [0.2, 0.25) is 5.02 Å². The predicted molar refractivity (Wildman–Crippen MR) is 111 cm³/mol. The second-order valence-electron chi connectivity index (χ2n) is 6.57. The Labute approximate surface area is 173 Å². The summed E-state index contributed by atoms with van der Waals surface area (Å²) in [6, 6.07) is 13.8. The van der Waals surface area contributed by atoms with Gasteiger partial charge in [-0.15, -0.1) is 0 Å². The molecule has 6 nitrogen and oxygen atoms in total. The zero-order chi connectivity index (χ0) is 20.2. The minimum Gasteiger partial charge on any atom is -0.497 e. The van der Waals surface area contributed by atoms with Gasteiger partial charge in [-0.05, 0) is 30.3 Å². The third-order valence-corrected chi connectivity index (χ3v) is 5.05. The summed E-state index contributed by atoms with van der Waals surface area (Å²) in [5, 5.41) is 0.192. The summed E-state index contributed by atoms with van der Waals surface area (Å²) < 4.78 is 24.2. The van der Waals surface area contributed by atoms with E-state index in [-0.39, 0.29) is 5.02 Å². The van der Waals surface area contributed by atoms with Crippen molar-refractivity contribution in [3.05, 3.63) is 65.7 Å². The average Bonchev–Trinajstić information content (AvgIpc) is 2.76. The Bertz CT molecular complexity index is 996. The smallest absolute Gasteiger partial charge is 0.224 e. The summed E-state index contributed by atoms with van der Waals surface area (Å²) in [6.45, 7) is 3.34. The summed E-state index contributed by atoms with van der Waals surface area (Å²) >= 11 is 6.03. The fourth-order valence-corrected chi connectivity index (χ4v) is 3.44. The molecule has 4 rings (SSSR count). The molecule has 1 saturated heterocycles. The lowest BCUT2D eigenvalue weighted by atomic mass is 10.2. The Morgan fingerprint density at radius 1 is 0.966 bits per heavy atom. The van der Waals surface area contributed by atoms with Gasteiger partial charge >= 0.3 is 0 Å². The van der Waals surface area contributed by atoms with Crippen LogP contribution in [0.15, 0.2) is 54.9 Å². The molecule has 8 heteroatoms. The Hall–Kier alpha value is -3.06. The molecule has 0 spiro atoms. The highest BCUT2D eigenvalue weighted by Crippen LogP contribution is 2.30. The highest BCUT2D eigenvalue weighted by molar-refractivity contribution is 6.32. The van der Waals surface area contributed by atoms with Gasteiger partial charge in [0.15, 0.2) is 0 Å². The molecule has 1 aliphatic rings. The number of nitrogens with zero attached hydrogens (tertiary/aromatic N) is 4. The van der Waals surface area contributed by atoms with E-state index in [1.807, 2.05) is 18.2 Å². The van der Waals surface area contributed by atoms with Crippen molar-refractivity contribution in [2.45, 2.75) is 0 Å². The van der Waals surface area contributed by atoms with E-state index in [0.717, 1.165) is 43.4 Å². The fourth-order valence-electron chi connectivity index (χ4n) is 3.23. The first kappa shape index (κ1) is 19.3. The standard InChI is InChI=1S/C21H20ClFN4O2/c1-28-17-4-2-3-16(12-17)26-7-9-27(10-8-26)20-13-21(25-14-24-20)29-19-6-5-15(23)11-18(19)22/h2-6,11-14H,7-10H2,1H3. The molecule has 3 aromatic rings. The van der Waals surface area contributed by atoms with Crippen molar-refractivity contribution in [1.29, 1.82) is 0 Å². The van der Waals surface area contributed by atoms with Gasteiger partial charge in [0, 0.05) is 44.0 Å². The number of methoxy groups -OCH3 is 1. The normalized spacial score (nSPS) is 14.0. The van der Waals surface area contributed by atoms with Gasteiger partial charge in [0.05, 0.1) is 12.1 Å². The molecule has 0 bridgehead atoms. The number of aromatic nitrogens is 2. The van der Waals surface area contributed by atoms with Crippen LogP contribution in [0.3, 0.4) is 0 Å². The molecule has 0 amide bonds. The molecule has 150 valence electrons. The van der Waals surface area contributed by atoms with Gasteiger partial charge in [-0.1, -0.05) is 17.7 Å². The van der Waals surface area contributed by atoms with Gasteiger partial charge in [-0.25, -0.2) is 14.4 Å². The second-order valence-corrected chi connectivity index (χ2v) is 6.97. The zero-order valence-electron chi connectivity index (χ0n) is 15.9. The van der Waals surface area contributed by atoms with Gasteiger partial charge in [-0.2, -0.15) is 0 Å². The van der Waals surface area contributed by atoms with E-state index in [9.17, 15) is 4.39 Å². The maximum atomic E-state index is 13.2. The van der Waals surface area contributed by atoms with Crippen LogP contribution in [0.1, 0.15) is 0 Å². The SMILES string of the molecule is COc1cccc(N2CCN(c3cc(Oc4ccc(F)cc4Cl)ncn3)CC2)c1. The summed E-state index contributed by atoms with van der Waals surface area (Å²) in [5.74, 6) is 1.92. The van der Waals surface area contributed by atoms with Crippen molar-refractivity contribution in [3.63, 3.8) is 0 Å². The Kier molecular flexibility index (Phi) is 5.67. The van der Waals surface area contributed by atoms with Crippen molar-refractivity contribution in [2.75, 3.05) is 43.1 Å².